The zero-order valence-electron chi connectivity index (χ0n) is 19.7. The molecule has 1 aliphatic rings. The Morgan fingerprint density at radius 1 is 1.29 bits per heavy atom. The summed E-state index contributed by atoms with van der Waals surface area (Å²) in [5.74, 6) is 0.704. The number of nitrogens with one attached hydrogen (secondary N) is 2. The summed E-state index contributed by atoms with van der Waals surface area (Å²) < 4.78 is 5.50. The standard InChI is InChI=1S/C23H37N5O3/c1-23(2,3)31-22(30)28-14-8-11-19(16-28)26-21(24-4)25-13-12-17-9-7-10-18(15-17)20(29)27(5)6/h7,9-10,15,19H,8,11-14,16H2,1-6H3,(H2,24,25,26). The number of likely N-dealkylation sites (tertiary alicyclic amines) is 1. The summed E-state index contributed by atoms with van der Waals surface area (Å²) in [6, 6.07) is 7.81. The van der Waals surface area contributed by atoms with Gasteiger partial charge in [-0.25, -0.2) is 4.79 Å². The van der Waals surface area contributed by atoms with Crippen molar-refractivity contribution in [3.05, 3.63) is 35.4 Å². The minimum Gasteiger partial charge on any atom is -0.444 e. The summed E-state index contributed by atoms with van der Waals surface area (Å²) in [6.07, 6.45) is 2.38. The van der Waals surface area contributed by atoms with E-state index in [0.717, 1.165) is 24.8 Å². The van der Waals surface area contributed by atoms with Gasteiger partial charge in [-0.2, -0.15) is 0 Å². The zero-order chi connectivity index (χ0) is 23.0. The van der Waals surface area contributed by atoms with Gasteiger partial charge >= 0.3 is 6.09 Å². The molecule has 1 aromatic rings. The molecule has 8 nitrogen and oxygen atoms in total. The number of benzene rings is 1. The van der Waals surface area contributed by atoms with Crippen molar-refractivity contribution in [3.63, 3.8) is 0 Å². The molecular weight excluding hydrogens is 394 g/mol. The number of guanidine groups is 1. The van der Waals surface area contributed by atoms with Crippen LogP contribution >= 0.6 is 0 Å². The van der Waals surface area contributed by atoms with Crippen LogP contribution in [0.5, 0.6) is 0 Å². The molecule has 1 unspecified atom stereocenters. The van der Waals surface area contributed by atoms with Crippen LogP contribution in [-0.2, 0) is 11.2 Å². The highest BCUT2D eigenvalue weighted by molar-refractivity contribution is 5.94. The Balaban J connectivity index is 1.84. The van der Waals surface area contributed by atoms with Gasteiger partial charge < -0.3 is 25.2 Å². The molecular formula is C23H37N5O3. The molecule has 1 fully saturated rings. The molecule has 8 heteroatoms. The number of amides is 2. The first-order chi connectivity index (χ1) is 14.6. The molecule has 1 atom stereocenters. The number of carbonyl (C=O) groups excluding carboxylic acids is 2. The molecule has 2 amide bonds. The second-order valence-corrected chi connectivity index (χ2v) is 9.06. The van der Waals surface area contributed by atoms with E-state index in [-0.39, 0.29) is 18.0 Å². The van der Waals surface area contributed by atoms with Gasteiger partial charge in [0.25, 0.3) is 5.91 Å². The molecule has 0 radical (unpaired) electrons. The summed E-state index contributed by atoms with van der Waals surface area (Å²) in [6.45, 7) is 7.61. The number of rotatable bonds is 5. The lowest BCUT2D eigenvalue weighted by Crippen LogP contribution is -2.53. The Hall–Kier alpha value is -2.77. The van der Waals surface area contributed by atoms with Gasteiger partial charge in [-0.3, -0.25) is 9.79 Å². The molecule has 1 aliphatic heterocycles. The maximum absolute atomic E-state index is 12.4. The van der Waals surface area contributed by atoms with Crippen molar-refractivity contribution in [2.75, 3.05) is 40.8 Å². The third-order valence-electron chi connectivity index (χ3n) is 4.92. The quantitative estimate of drug-likeness (QED) is 0.553. The highest BCUT2D eigenvalue weighted by Crippen LogP contribution is 2.15. The molecule has 172 valence electrons. The number of piperidine rings is 1. The molecule has 2 rings (SSSR count). The first kappa shape index (κ1) is 24.5. The van der Waals surface area contributed by atoms with E-state index in [9.17, 15) is 9.59 Å². The number of nitrogens with zero attached hydrogens (tertiary/aromatic N) is 3. The Bertz CT molecular complexity index is 786. The van der Waals surface area contributed by atoms with Crippen molar-refractivity contribution in [3.8, 4) is 0 Å². The maximum Gasteiger partial charge on any atom is 0.410 e. The summed E-state index contributed by atoms with van der Waals surface area (Å²) in [5.41, 5.74) is 1.28. The summed E-state index contributed by atoms with van der Waals surface area (Å²) in [4.78, 5) is 32.2. The molecule has 0 aromatic heterocycles. The first-order valence-corrected chi connectivity index (χ1v) is 10.8. The molecule has 1 saturated heterocycles. The number of ether oxygens (including phenoxy) is 1. The highest BCUT2D eigenvalue weighted by Gasteiger charge is 2.28. The molecule has 1 heterocycles. The molecule has 1 aromatic carbocycles. The molecule has 2 N–H and O–H groups in total. The SMILES string of the molecule is CN=C(NCCc1cccc(C(=O)N(C)C)c1)NC1CCCN(C(=O)OC(C)(C)C)C1. The van der Waals surface area contributed by atoms with Gasteiger partial charge in [-0.15, -0.1) is 0 Å². The Morgan fingerprint density at radius 2 is 2.03 bits per heavy atom. The Morgan fingerprint density at radius 3 is 2.68 bits per heavy atom. The van der Waals surface area contributed by atoms with Gasteiger partial charge in [0.1, 0.15) is 5.60 Å². The van der Waals surface area contributed by atoms with E-state index in [4.69, 9.17) is 4.74 Å². The fraction of sp³-hybridized carbons (Fsp3) is 0.609. The lowest BCUT2D eigenvalue weighted by molar-refractivity contribution is 0.0193. The van der Waals surface area contributed by atoms with E-state index in [2.05, 4.69) is 15.6 Å². The van der Waals surface area contributed by atoms with Gasteiger partial charge in [0.15, 0.2) is 5.96 Å². The third-order valence-corrected chi connectivity index (χ3v) is 4.92. The minimum absolute atomic E-state index is 0.000810. The summed E-state index contributed by atoms with van der Waals surface area (Å²) in [7, 11) is 5.24. The van der Waals surface area contributed by atoms with E-state index in [1.807, 2.05) is 45.0 Å². The normalized spacial score (nSPS) is 17.2. The van der Waals surface area contributed by atoms with Crippen LogP contribution in [0.3, 0.4) is 0 Å². The average molecular weight is 432 g/mol. The van der Waals surface area contributed by atoms with Gasteiger partial charge in [0.05, 0.1) is 0 Å². The largest absolute Gasteiger partial charge is 0.444 e. The van der Waals surface area contributed by atoms with E-state index in [1.54, 1.807) is 30.9 Å². The fourth-order valence-electron chi connectivity index (χ4n) is 3.42. The van der Waals surface area contributed by atoms with Crippen molar-refractivity contribution in [2.24, 2.45) is 4.99 Å². The molecule has 0 bridgehead atoms. The lowest BCUT2D eigenvalue weighted by Gasteiger charge is -2.35. The molecule has 0 aliphatic carbocycles. The minimum atomic E-state index is -0.497. The van der Waals surface area contributed by atoms with Crippen LogP contribution in [0.1, 0.15) is 49.5 Å². The average Bonchev–Trinajstić information content (AvgIpc) is 2.71. The summed E-state index contributed by atoms with van der Waals surface area (Å²) >= 11 is 0. The van der Waals surface area contributed by atoms with Crippen LogP contribution in [0.4, 0.5) is 4.79 Å². The van der Waals surface area contributed by atoms with E-state index in [1.165, 1.54) is 0 Å². The maximum atomic E-state index is 12.4. The Labute approximate surface area is 186 Å². The van der Waals surface area contributed by atoms with Crippen LogP contribution in [0.2, 0.25) is 0 Å². The lowest BCUT2D eigenvalue weighted by atomic mass is 10.1. The van der Waals surface area contributed by atoms with Gasteiger partial charge in [0.2, 0.25) is 0 Å². The van der Waals surface area contributed by atoms with Crippen LogP contribution < -0.4 is 10.6 Å². The first-order valence-electron chi connectivity index (χ1n) is 10.8. The monoisotopic (exact) mass is 431 g/mol. The number of carbonyl (C=O) groups is 2. The van der Waals surface area contributed by atoms with Crippen LogP contribution in [0.15, 0.2) is 29.3 Å². The molecule has 31 heavy (non-hydrogen) atoms. The predicted molar refractivity (Wildman–Crippen MR) is 123 cm³/mol. The van der Waals surface area contributed by atoms with Gasteiger partial charge in [-0.1, -0.05) is 12.1 Å². The van der Waals surface area contributed by atoms with E-state index in [0.29, 0.717) is 31.2 Å². The second-order valence-electron chi connectivity index (χ2n) is 9.06. The van der Waals surface area contributed by atoms with Crippen molar-refractivity contribution in [1.82, 2.24) is 20.4 Å². The number of hydrogen-bond acceptors (Lipinski definition) is 4. The topological polar surface area (TPSA) is 86.3 Å². The van der Waals surface area contributed by atoms with Crippen molar-refractivity contribution >= 4 is 18.0 Å². The van der Waals surface area contributed by atoms with Crippen LogP contribution in [-0.4, -0.2) is 80.2 Å². The van der Waals surface area contributed by atoms with Crippen molar-refractivity contribution < 1.29 is 14.3 Å². The predicted octanol–water partition coefficient (Wildman–Crippen LogP) is 2.50. The van der Waals surface area contributed by atoms with E-state index < -0.39 is 5.60 Å². The van der Waals surface area contributed by atoms with E-state index >= 15 is 0 Å². The molecule has 0 saturated carbocycles. The second kappa shape index (κ2) is 11.0. The smallest absolute Gasteiger partial charge is 0.410 e. The van der Waals surface area contributed by atoms with Crippen LogP contribution in [0.25, 0.3) is 0 Å². The molecule has 0 spiro atoms. The highest BCUT2D eigenvalue weighted by atomic mass is 16.6. The summed E-state index contributed by atoms with van der Waals surface area (Å²) in [5, 5.41) is 6.74. The van der Waals surface area contributed by atoms with Crippen molar-refractivity contribution in [1.29, 1.82) is 0 Å². The third kappa shape index (κ3) is 8.11. The Kier molecular flexibility index (Phi) is 8.71. The number of hydrogen-bond donors (Lipinski definition) is 2. The zero-order valence-corrected chi connectivity index (χ0v) is 19.7. The van der Waals surface area contributed by atoms with Gasteiger partial charge in [0, 0.05) is 52.4 Å². The van der Waals surface area contributed by atoms with Crippen LogP contribution in [0, 0.1) is 0 Å². The number of aliphatic imine (C=N–C) groups is 1. The van der Waals surface area contributed by atoms with Gasteiger partial charge in [-0.05, 0) is 57.7 Å². The van der Waals surface area contributed by atoms with Crippen molar-refractivity contribution in [2.45, 2.75) is 51.7 Å². The fourth-order valence-corrected chi connectivity index (χ4v) is 3.42.